The van der Waals surface area contributed by atoms with Crippen molar-refractivity contribution in [2.75, 3.05) is 14.2 Å². The van der Waals surface area contributed by atoms with E-state index in [9.17, 15) is 9.59 Å². The normalized spacial score (nSPS) is 11.8. The Labute approximate surface area is 148 Å². The molecular formula is C20H36O4. The van der Waals surface area contributed by atoms with Gasteiger partial charge in [-0.15, -0.1) is 0 Å². The third kappa shape index (κ3) is 9.74. The number of carbonyl (C=O) groups excluding carboxylic acids is 2. The number of hydrogen-bond donors (Lipinski definition) is 0. The fraction of sp³-hybridized carbons (Fsp3) is 0.800. The van der Waals surface area contributed by atoms with E-state index in [4.69, 9.17) is 9.47 Å². The zero-order valence-electron chi connectivity index (χ0n) is 16.1. The van der Waals surface area contributed by atoms with Gasteiger partial charge in [-0.2, -0.15) is 0 Å². The molecule has 0 atom stereocenters. The van der Waals surface area contributed by atoms with E-state index in [1.54, 1.807) is 0 Å². The van der Waals surface area contributed by atoms with Crippen molar-refractivity contribution in [3.63, 3.8) is 0 Å². The number of methoxy groups -OCH3 is 2. The third-order valence-electron chi connectivity index (χ3n) is 4.29. The van der Waals surface area contributed by atoms with E-state index in [1.165, 1.54) is 39.9 Å². The van der Waals surface area contributed by atoms with Crippen molar-refractivity contribution in [2.45, 2.75) is 90.9 Å². The highest BCUT2D eigenvalue weighted by Gasteiger charge is 2.21. The number of rotatable bonds is 14. The van der Waals surface area contributed by atoms with Crippen LogP contribution >= 0.6 is 0 Å². The predicted molar refractivity (Wildman–Crippen MR) is 97.8 cm³/mol. The molecule has 0 spiro atoms. The number of unbranched alkanes of at least 4 members (excludes halogenated alkanes) is 8. The molecule has 140 valence electrons. The SMILES string of the molecule is CCCCCCCCC(C(=O)OC)=C(CCCCCC)C(=O)OC. The van der Waals surface area contributed by atoms with Crippen molar-refractivity contribution in [1.82, 2.24) is 0 Å². The van der Waals surface area contributed by atoms with Crippen molar-refractivity contribution in [3.8, 4) is 0 Å². The summed E-state index contributed by atoms with van der Waals surface area (Å²) in [5.74, 6) is -0.780. The van der Waals surface area contributed by atoms with Crippen LogP contribution in [-0.2, 0) is 19.1 Å². The Kier molecular flexibility index (Phi) is 14.4. The maximum absolute atomic E-state index is 12.1. The predicted octanol–water partition coefficient (Wildman–Crippen LogP) is 5.35. The molecule has 0 unspecified atom stereocenters. The molecule has 0 saturated heterocycles. The van der Waals surface area contributed by atoms with E-state index in [1.807, 2.05) is 0 Å². The van der Waals surface area contributed by atoms with Crippen molar-refractivity contribution < 1.29 is 19.1 Å². The van der Waals surface area contributed by atoms with E-state index in [-0.39, 0.29) is 5.97 Å². The van der Waals surface area contributed by atoms with Crippen LogP contribution in [0, 0.1) is 0 Å². The lowest BCUT2D eigenvalue weighted by atomic mass is 9.96. The smallest absolute Gasteiger partial charge is 0.334 e. The standard InChI is InChI=1S/C20H36O4/c1-5-7-9-11-12-14-16-18(20(22)24-4)17(19(21)23-3)15-13-10-8-6-2/h5-16H2,1-4H3. The summed E-state index contributed by atoms with van der Waals surface area (Å²) in [6, 6.07) is 0. The molecule has 0 radical (unpaired) electrons. The highest BCUT2D eigenvalue weighted by atomic mass is 16.5. The van der Waals surface area contributed by atoms with Gasteiger partial charge in [0.1, 0.15) is 0 Å². The molecule has 0 aromatic carbocycles. The Hall–Kier alpha value is -1.32. The molecule has 0 aliphatic rings. The van der Waals surface area contributed by atoms with Crippen molar-refractivity contribution in [2.24, 2.45) is 0 Å². The van der Waals surface area contributed by atoms with E-state index in [2.05, 4.69) is 13.8 Å². The van der Waals surface area contributed by atoms with E-state index >= 15 is 0 Å². The summed E-state index contributed by atoms with van der Waals surface area (Å²) in [6.07, 6.45) is 12.3. The summed E-state index contributed by atoms with van der Waals surface area (Å²) in [6.45, 7) is 4.34. The van der Waals surface area contributed by atoms with Crippen LogP contribution in [0.3, 0.4) is 0 Å². The zero-order chi connectivity index (χ0) is 18.2. The van der Waals surface area contributed by atoms with Gasteiger partial charge < -0.3 is 9.47 Å². The lowest BCUT2D eigenvalue weighted by Crippen LogP contribution is -2.15. The Morgan fingerprint density at radius 1 is 0.583 bits per heavy atom. The first-order chi connectivity index (χ1) is 11.6. The highest BCUT2D eigenvalue weighted by Crippen LogP contribution is 2.22. The minimum atomic E-state index is -0.391. The highest BCUT2D eigenvalue weighted by molar-refractivity contribution is 6.00. The fourth-order valence-corrected chi connectivity index (χ4v) is 2.81. The molecule has 0 aromatic heterocycles. The summed E-state index contributed by atoms with van der Waals surface area (Å²) in [4.78, 5) is 24.3. The van der Waals surface area contributed by atoms with Gasteiger partial charge in [0, 0.05) is 11.1 Å². The molecule has 4 nitrogen and oxygen atoms in total. The Morgan fingerprint density at radius 2 is 0.917 bits per heavy atom. The molecule has 0 heterocycles. The molecule has 0 rings (SSSR count). The summed E-state index contributed by atoms with van der Waals surface area (Å²) < 4.78 is 9.81. The molecule has 4 heteroatoms. The molecule has 0 N–H and O–H groups in total. The molecule has 0 amide bonds. The average Bonchev–Trinajstić information content (AvgIpc) is 2.61. The van der Waals surface area contributed by atoms with Crippen molar-refractivity contribution in [1.29, 1.82) is 0 Å². The van der Waals surface area contributed by atoms with Crippen LogP contribution in [0.15, 0.2) is 11.1 Å². The van der Waals surface area contributed by atoms with E-state index in [0.29, 0.717) is 24.0 Å². The molecule has 24 heavy (non-hydrogen) atoms. The molecule has 0 fully saturated rings. The Bertz CT molecular complexity index is 385. The molecule has 0 aliphatic carbocycles. The average molecular weight is 341 g/mol. The second-order valence-electron chi connectivity index (χ2n) is 6.27. The summed E-state index contributed by atoms with van der Waals surface area (Å²) >= 11 is 0. The molecule has 0 saturated carbocycles. The van der Waals surface area contributed by atoms with Crippen LogP contribution in [0.5, 0.6) is 0 Å². The Balaban J connectivity index is 4.86. The first kappa shape index (κ1) is 22.7. The lowest BCUT2D eigenvalue weighted by Gasteiger charge is -2.13. The number of ether oxygens (including phenoxy) is 2. The van der Waals surface area contributed by atoms with Crippen LogP contribution in [0.25, 0.3) is 0 Å². The van der Waals surface area contributed by atoms with Crippen LogP contribution in [0.2, 0.25) is 0 Å². The van der Waals surface area contributed by atoms with Gasteiger partial charge in [-0.25, -0.2) is 9.59 Å². The first-order valence-corrected chi connectivity index (χ1v) is 9.50. The summed E-state index contributed by atoms with van der Waals surface area (Å²) in [5, 5.41) is 0. The molecule has 0 bridgehead atoms. The van der Waals surface area contributed by atoms with Gasteiger partial charge >= 0.3 is 11.9 Å². The largest absolute Gasteiger partial charge is 0.466 e. The first-order valence-electron chi connectivity index (χ1n) is 9.50. The van der Waals surface area contributed by atoms with E-state index < -0.39 is 5.97 Å². The second-order valence-corrected chi connectivity index (χ2v) is 6.27. The molecular weight excluding hydrogens is 304 g/mol. The number of carbonyl (C=O) groups is 2. The summed E-state index contributed by atoms with van der Waals surface area (Å²) in [7, 11) is 2.74. The topological polar surface area (TPSA) is 52.6 Å². The van der Waals surface area contributed by atoms with Crippen LogP contribution in [-0.4, -0.2) is 26.2 Å². The van der Waals surface area contributed by atoms with Crippen LogP contribution < -0.4 is 0 Å². The third-order valence-corrected chi connectivity index (χ3v) is 4.29. The summed E-state index contributed by atoms with van der Waals surface area (Å²) in [5.41, 5.74) is 1.02. The molecule has 0 aliphatic heterocycles. The van der Waals surface area contributed by atoms with Crippen LogP contribution in [0.1, 0.15) is 90.9 Å². The van der Waals surface area contributed by atoms with Crippen molar-refractivity contribution in [3.05, 3.63) is 11.1 Å². The van der Waals surface area contributed by atoms with Gasteiger partial charge in [-0.1, -0.05) is 65.2 Å². The van der Waals surface area contributed by atoms with Gasteiger partial charge in [-0.3, -0.25) is 0 Å². The van der Waals surface area contributed by atoms with Gasteiger partial charge in [-0.05, 0) is 25.7 Å². The van der Waals surface area contributed by atoms with Gasteiger partial charge in [0.05, 0.1) is 14.2 Å². The van der Waals surface area contributed by atoms with Gasteiger partial charge in [0.2, 0.25) is 0 Å². The number of esters is 2. The second kappa shape index (κ2) is 15.2. The van der Waals surface area contributed by atoms with E-state index in [0.717, 1.165) is 38.5 Å². The molecule has 0 aromatic rings. The maximum Gasteiger partial charge on any atom is 0.334 e. The minimum absolute atomic E-state index is 0.389. The van der Waals surface area contributed by atoms with Crippen LogP contribution in [0.4, 0.5) is 0 Å². The number of hydrogen-bond acceptors (Lipinski definition) is 4. The monoisotopic (exact) mass is 340 g/mol. The Morgan fingerprint density at radius 3 is 1.29 bits per heavy atom. The van der Waals surface area contributed by atoms with Gasteiger partial charge in [0.25, 0.3) is 0 Å². The minimum Gasteiger partial charge on any atom is -0.466 e. The van der Waals surface area contributed by atoms with Gasteiger partial charge in [0.15, 0.2) is 0 Å². The quantitative estimate of drug-likeness (QED) is 0.243. The van der Waals surface area contributed by atoms with Crippen molar-refractivity contribution >= 4 is 11.9 Å². The zero-order valence-corrected chi connectivity index (χ0v) is 16.1. The fourth-order valence-electron chi connectivity index (χ4n) is 2.81. The maximum atomic E-state index is 12.1. The lowest BCUT2D eigenvalue weighted by molar-refractivity contribution is -0.139.